The Hall–Kier alpha value is -0.790. The Balaban J connectivity index is 2.31. The van der Waals surface area contributed by atoms with Gasteiger partial charge in [-0.25, -0.2) is 9.13 Å². The lowest BCUT2D eigenvalue weighted by Gasteiger charge is -2.07. The molecule has 1 rings (SSSR count). The number of rotatable bonds is 29. The Morgan fingerprint density at radius 1 is 0.459 bits per heavy atom. The Labute approximate surface area is 234 Å². The molecule has 0 spiro atoms. The maximum Gasteiger partial charge on any atom is 0.256 e. The summed E-state index contributed by atoms with van der Waals surface area (Å²) in [5.74, 6) is 1.61. The molecule has 1 aromatic heterocycles. The molecule has 37 heavy (non-hydrogen) atoms. The zero-order valence-corrected chi connectivity index (χ0v) is 26.1. The molecule has 0 atom stereocenters. The van der Waals surface area contributed by atoms with Crippen LogP contribution in [0.3, 0.4) is 0 Å². The summed E-state index contributed by atoms with van der Waals surface area (Å²) in [4.78, 5) is 0. The van der Waals surface area contributed by atoms with Crippen molar-refractivity contribution in [2.24, 2.45) is 0 Å². The fourth-order valence-corrected chi connectivity index (χ4v) is 5.80. The van der Waals surface area contributed by atoms with Gasteiger partial charge in [-0.1, -0.05) is 156 Å². The van der Waals surface area contributed by atoms with Crippen LogP contribution < -0.4 is 4.57 Å². The highest BCUT2D eigenvalue weighted by molar-refractivity contribution is 4.84. The highest BCUT2D eigenvalue weighted by Gasteiger charge is 2.16. The fourth-order valence-electron chi connectivity index (χ4n) is 5.80. The molecule has 1 aromatic rings. The van der Waals surface area contributed by atoms with Gasteiger partial charge in [0.1, 0.15) is 12.4 Å². The van der Waals surface area contributed by atoms with Crippen LogP contribution in [0.5, 0.6) is 0 Å². The van der Waals surface area contributed by atoms with Gasteiger partial charge in [0, 0.05) is 6.42 Å². The van der Waals surface area contributed by atoms with Gasteiger partial charge in [0.2, 0.25) is 0 Å². The van der Waals surface area contributed by atoms with Crippen LogP contribution in [-0.4, -0.2) is 4.57 Å². The van der Waals surface area contributed by atoms with E-state index in [0.29, 0.717) is 0 Å². The standard InChI is InChI=1S/C35H69N2/c1-4-7-10-13-16-18-19-21-23-26-29-32-37-34-33-36(31-28-25-15-12-9-6-3)35(37)30-27-24-22-20-17-14-11-8-5-2/h33-34H,4-32H2,1-3H3/q+1. The lowest BCUT2D eigenvalue weighted by molar-refractivity contribution is -0.704. The van der Waals surface area contributed by atoms with Crippen molar-refractivity contribution in [1.29, 1.82) is 0 Å². The predicted molar refractivity (Wildman–Crippen MR) is 165 cm³/mol. The first kappa shape index (κ1) is 34.2. The normalized spacial score (nSPS) is 11.5. The van der Waals surface area contributed by atoms with Crippen LogP contribution in [0.15, 0.2) is 12.4 Å². The lowest BCUT2D eigenvalue weighted by Crippen LogP contribution is -2.37. The summed E-state index contributed by atoms with van der Waals surface area (Å²) in [5, 5.41) is 0. The second kappa shape index (κ2) is 26.8. The summed E-state index contributed by atoms with van der Waals surface area (Å²) in [7, 11) is 0. The van der Waals surface area contributed by atoms with Crippen molar-refractivity contribution in [2.45, 2.75) is 207 Å². The molecule has 0 amide bonds. The van der Waals surface area contributed by atoms with E-state index in [0.717, 1.165) is 0 Å². The highest BCUT2D eigenvalue weighted by Crippen LogP contribution is 2.14. The average molecular weight is 518 g/mol. The minimum atomic E-state index is 1.23. The maximum atomic E-state index is 2.62. The van der Waals surface area contributed by atoms with Gasteiger partial charge in [-0.3, -0.25) is 0 Å². The molecule has 2 nitrogen and oxygen atoms in total. The van der Waals surface area contributed by atoms with Crippen molar-refractivity contribution in [3.05, 3.63) is 18.2 Å². The smallest absolute Gasteiger partial charge is 0.234 e. The number of aryl methyl sites for hydroxylation is 2. The van der Waals surface area contributed by atoms with Crippen LogP contribution >= 0.6 is 0 Å². The maximum absolute atomic E-state index is 2.62. The number of imidazole rings is 1. The van der Waals surface area contributed by atoms with Crippen molar-refractivity contribution in [1.82, 2.24) is 4.57 Å². The Bertz CT molecular complexity index is 576. The molecule has 218 valence electrons. The van der Waals surface area contributed by atoms with Crippen molar-refractivity contribution < 1.29 is 4.57 Å². The molecule has 0 unspecified atom stereocenters. The molecular weight excluding hydrogens is 448 g/mol. The van der Waals surface area contributed by atoms with Crippen LogP contribution in [0.2, 0.25) is 0 Å². The second-order valence-electron chi connectivity index (χ2n) is 12.0. The first-order valence-corrected chi connectivity index (χ1v) is 17.4. The summed E-state index contributed by atoms with van der Waals surface area (Å²) in [5.41, 5.74) is 0. The first-order valence-electron chi connectivity index (χ1n) is 17.4. The van der Waals surface area contributed by atoms with E-state index in [1.165, 1.54) is 186 Å². The summed E-state index contributed by atoms with van der Waals surface area (Å²) < 4.78 is 5.23. The number of hydrogen-bond acceptors (Lipinski definition) is 0. The van der Waals surface area contributed by atoms with Crippen LogP contribution in [0, 0.1) is 0 Å². The van der Waals surface area contributed by atoms with E-state index >= 15 is 0 Å². The largest absolute Gasteiger partial charge is 0.256 e. The molecule has 0 aliphatic rings. The van der Waals surface area contributed by atoms with Gasteiger partial charge >= 0.3 is 0 Å². The Morgan fingerprint density at radius 3 is 1.30 bits per heavy atom. The Kier molecular flexibility index (Phi) is 24.8. The Morgan fingerprint density at radius 2 is 0.838 bits per heavy atom. The second-order valence-corrected chi connectivity index (χ2v) is 12.0. The molecule has 0 N–H and O–H groups in total. The molecule has 2 heteroatoms. The van der Waals surface area contributed by atoms with Gasteiger partial charge in [-0.05, 0) is 32.1 Å². The molecule has 0 saturated heterocycles. The van der Waals surface area contributed by atoms with Gasteiger partial charge in [0.25, 0.3) is 5.82 Å². The van der Waals surface area contributed by atoms with E-state index in [4.69, 9.17) is 0 Å². The molecule has 1 heterocycles. The fraction of sp³-hybridized carbons (Fsp3) is 0.914. The SMILES string of the molecule is CCCCCCCCCCCCC[n+]1ccn(CCCCCCCC)c1CCCCCCCCCCC. The van der Waals surface area contributed by atoms with E-state index < -0.39 is 0 Å². The summed E-state index contributed by atoms with van der Waals surface area (Å²) >= 11 is 0. The van der Waals surface area contributed by atoms with Crippen molar-refractivity contribution in [2.75, 3.05) is 0 Å². The number of nitrogens with zero attached hydrogens (tertiary/aromatic N) is 2. The van der Waals surface area contributed by atoms with E-state index in [2.05, 4.69) is 42.3 Å². The van der Waals surface area contributed by atoms with Crippen molar-refractivity contribution >= 4 is 0 Å². The summed E-state index contributed by atoms with van der Waals surface area (Å²) in [6.07, 6.45) is 42.9. The molecule has 0 aliphatic heterocycles. The van der Waals surface area contributed by atoms with Gasteiger partial charge in [0.05, 0.1) is 13.1 Å². The summed E-state index contributed by atoms with van der Waals surface area (Å²) in [6.45, 7) is 9.39. The minimum Gasteiger partial charge on any atom is -0.234 e. The lowest BCUT2D eigenvalue weighted by atomic mass is 10.1. The molecule has 0 radical (unpaired) electrons. The number of aromatic nitrogens is 2. The topological polar surface area (TPSA) is 8.81 Å². The third kappa shape index (κ3) is 19.9. The third-order valence-electron chi connectivity index (χ3n) is 8.35. The van der Waals surface area contributed by atoms with Gasteiger partial charge in [-0.15, -0.1) is 0 Å². The molecule has 0 saturated carbocycles. The first-order chi connectivity index (χ1) is 18.3. The van der Waals surface area contributed by atoms with E-state index in [9.17, 15) is 0 Å². The van der Waals surface area contributed by atoms with Crippen molar-refractivity contribution in [3.63, 3.8) is 0 Å². The van der Waals surface area contributed by atoms with Crippen molar-refractivity contribution in [3.8, 4) is 0 Å². The van der Waals surface area contributed by atoms with Crippen LogP contribution in [-0.2, 0) is 19.5 Å². The van der Waals surface area contributed by atoms with Crippen LogP contribution in [0.25, 0.3) is 0 Å². The summed E-state index contributed by atoms with van der Waals surface area (Å²) in [6, 6.07) is 0. The molecule has 0 bridgehead atoms. The third-order valence-corrected chi connectivity index (χ3v) is 8.35. The number of unbranched alkanes of at least 4 members (excludes halogenated alkanes) is 23. The minimum absolute atomic E-state index is 1.23. The van der Waals surface area contributed by atoms with Gasteiger partial charge < -0.3 is 0 Å². The van der Waals surface area contributed by atoms with E-state index in [-0.39, 0.29) is 0 Å². The van der Waals surface area contributed by atoms with E-state index in [1.54, 1.807) is 5.82 Å². The quantitative estimate of drug-likeness (QED) is 0.0737. The molecule has 0 fully saturated rings. The predicted octanol–water partition coefficient (Wildman–Crippen LogP) is 11.5. The zero-order valence-electron chi connectivity index (χ0n) is 26.1. The van der Waals surface area contributed by atoms with Gasteiger partial charge in [-0.2, -0.15) is 0 Å². The molecule has 0 aromatic carbocycles. The molecular formula is C35H69N2+. The monoisotopic (exact) mass is 518 g/mol. The van der Waals surface area contributed by atoms with Crippen LogP contribution in [0.4, 0.5) is 0 Å². The average Bonchev–Trinajstić information content (AvgIpc) is 3.29. The van der Waals surface area contributed by atoms with Crippen LogP contribution in [0.1, 0.15) is 194 Å². The highest BCUT2D eigenvalue weighted by atomic mass is 15.1. The zero-order chi connectivity index (χ0) is 26.7. The number of hydrogen-bond donors (Lipinski definition) is 0. The van der Waals surface area contributed by atoms with Gasteiger partial charge in [0.15, 0.2) is 0 Å². The molecule has 0 aliphatic carbocycles. The van der Waals surface area contributed by atoms with E-state index in [1.807, 2.05) is 0 Å².